The summed E-state index contributed by atoms with van der Waals surface area (Å²) in [6, 6.07) is 3.47. The third kappa shape index (κ3) is 3.02. The molecular formula is C11H11NO3. The first-order valence-corrected chi connectivity index (χ1v) is 4.36. The van der Waals surface area contributed by atoms with Crippen LogP contribution in [0.15, 0.2) is 30.1 Å². The van der Waals surface area contributed by atoms with E-state index in [1.54, 1.807) is 24.5 Å². The second-order valence-corrected chi connectivity index (χ2v) is 2.89. The van der Waals surface area contributed by atoms with E-state index in [0.29, 0.717) is 5.56 Å². The summed E-state index contributed by atoms with van der Waals surface area (Å²) >= 11 is 0. The van der Waals surface area contributed by atoms with Crippen LogP contribution in [-0.2, 0) is 14.3 Å². The summed E-state index contributed by atoms with van der Waals surface area (Å²) in [7, 11) is 1.24. The minimum Gasteiger partial charge on any atom is -0.465 e. The van der Waals surface area contributed by atoms with Gasteiger partial charge in [0, 0.05) is 12.4 Å². The highest BCUT2D eigenvalue weighted by Crippen LogP contribution is 2.07. The van der Waals surface area contributed by atoms with E-state index in [1.807, 2.05) is 0 Å². The molecule has 78 valence electrons. The SMILES string of the molecule is COC(=O)C(=Cc1cccnc1)C(C)=O. The van der Waals surface area contributed by atoms with Crippen molar-refractivity contribution >= 4 is 17.8 Å². The number of nitrogens with zero attached hydrogens (tertiary/aromatic N) is 1. The number of carbonyl (C=O) groups is 2. The van der Waals surface area contributed by atoms with E-state index in [4.69, 9.17) is 0 Å². The molecule has 0 saturated heterocycles. The van der Waals surface area contributed by atoms with Crippen molar-refractivity contribution in [3.63, 3.8) is 0 Å². The van der Waals surface area contributed by atoms with E-state index in [9.17, 15) is 9.59 Å². The molecule has 4 heteroatoms. The van der Waals surface area contributed by atoms with Crippen LogP contribution in [0, 0.1) is 0 Å². The molecule has 1 aromatic heterocycles. The summed E-state index contributed by atoms with van der Waals surface area (Å²) in [5, 5.41) is 0. The van der Waals surface area contributed by atoms with Crippen LogP contribution in [0.4, 0.5) is 0 Å². The molecule has 0 saturated carbocycles. The van der Waals surface area contributed by atoms with E-state index in [-0.39, 0.29) is 11.4 Å². The fourth-order valence-corrected chi connectivity index (χ4v) is 1.04. The Balaban J connectivity index is 3.05. The third-order valence-corrected chi connectivity index (χ3v) is 1.78. The maximum absolute atomic E-state index is 11.2. The molecule has 0 aromatic carbocycles. The largest absolute Gasteiger partial charge is 0.465 e. The van der Waals surface area contributed by atoms with Gasteiger partial charge in [0.25, 0.3) is 0 Å². The molecule has 4 nitrogen and oxygen atoms in total. The molecule has 0 unspecified atom stereocenters. The molecule has 0 fully saturated rings. The summed E-state index contributed by atoms with van der Waals surface area (Å²) < 4.78 is 4.50. The molecule has 0 N–H and O–H groups in total. The predicted molar refractivity (Wildman–Crippen MR) is 54.9 cm³/mol. The molecular weight excluding hydrogens is 194 g/mol. The Morgan fingerprint density at radius 1 is 1.47 bits per heavy atom. The standard InChI is InChI=1S/C11H11NO3/c1-8(13)10(11(14)15-2)6-9-4-3-5-12-7-9/h3-7H,1-2H3. The van der Waals surface area contributed by atoms with Gasteiger partial charge < -0.3 is 4.74 Å². The fraction of sp³-hybridized carbons (Fsp3) is 0.182. The first-order chi connectivity index (χ1) is 7.15. The highest BCUT2D eigenvalue weighted by atomic mass is 16.5. The molecule has 0 radical (unpaired) electrons. The minimum absolute atomic E-state index is 0.0190. The van der Waals surface area contributed by atoms with Crippen LogP contribution in [0.5, 0.6) is 0 Å². The second kappa shape index (κ2) is 5.05. The zero-order valence-electron chi connectivity index (χ0n) is 8.56. The highest BCUT2D eigenvalue weighted by Gasteiger charge is 2.14. The van der Waals surface area contributed by atoms with E-state index < -0.39 is 5.97 Å². The van der Waals surface area contributed by atoms with Crippen molar-refractivity contribution in [2.45, 2.75) is 6.92 Å². The van der Waals surface area contributed by atoms with Gasteiger partial charge in [-0.15, -0.1) is 0 Å². The van der Waals surface area contributed by atoms with Crippen molar-refractivity contribution in [3.05, 3.63) is 35.7 Å². The molecule has 0 aliphatic rings. The lowest BCUT2D eigenvalue weighted by Gasteiger charge is -2.00. The lowest BCUT2D eigenvalue weighted by atomic mass is 10.1. The van der Waals surface area contributed by atoms with Crippen molar-refractivity contribution in [1.82, 2.24) is 4.98 Å². The van der Waals surface area contributed by atoms with Gasteiger partial charge >= 0.3 is 5.97 Å². The van der Waals surface area contributed by atoms with Crippen LogP contribution < -0.4 is 0 Å². The van der Waals surface area contributed by atoms with Crippen LogP contribution in [0.3, 0.4) is 0 Å². The lowest BCUT2D eigenvalue weighted by molar-refractivity contribution is -0.137. The van der Waals surface area contributed by atoms with Gasteiger partial charge in [-0.3, -0.25) is 9.78 Å². The summed E-state index contributed by atoms with van der Waals surface area (Å²) in [5.41, 5.74) is 0.707. The molecule has 0 spiro atoms. The Morgan fingerprint density at radius 3 is 2.67 bits per heavy atom. The molecule has 0 atom stereocenters. The average molecular weight is 205 g/mol. The van der Waals surface area contributed by atoms with E-state index in [0.717, 1.165) is 0 Å². The minimum atomic E-state index is -0.633. The van der Waals surface area contributed by atoms with E-state index in [2.05, 4.69) is 9.72 Å². The number of esters is 1. The number of ether oxygens (including phenoxy) is 1. The zero-order valence-corrected chi connectivity index (χ0v) is 8.56. The van der Waals surface area contributed by atoms with Crippen molar-refractivity contribution < 1.29 is 14.3 Å². The number of carbonyl (C=O) groups excluding carboxylic acids is 2. The smallest absolute Gasteiger partial charge is 0.341 e. The van der Waals surface area contributed by atoms with Gasteiger partial charge in [-0.25, -0.2) is 4.79 Å². The number of methoxy groups -OCH3 is 1. The maximum Gasteiger partial charge on any atom is 0.341 e. The normalized spacial score (nSPS) is 10.9. The van der Waals surface area contributed by atoms with Crippen molar-refractivity contribution in [3.8, 4) is 0 Å². The van der Waals surface area contributed by atoms with Gasteiger partial charge in [-0.2, -0.15) is 0 Å². The van der Waals surface area contributed by atoms with Gasteiger partial charge in [0.05, 0.1) is 7.11 Å². The van der Waals surface area contributed by atoms with Gasteiger partial charge in [-0.05, 0) is 24.6 Å². The van der Waals surface area contributed by atoms with Crippen LogP contribution in [-0.4, -0.2) is 23.8 Å². The number of aromatic nitrogens is 1. The summed E-state index contributed by atoms with van der Waals surface area (Å²) in [6.07, 6.45) is 4.63. The molecule has 0 aliphatic heterocycles. The predicted octanol–water partition coefficient (Wildman–Crippen LogP) is 1.23. The molecule has 1 heterocycles. The lowest BCUT2D eigenvalue weighted by Crippen LogP contribution is -2.11. The first-order valence-electron chi connectivity index (χ1n) is 4.36. The number of hydrogen-bond acceptors (Lipinski definition) is 4. The monoisotopic (exact) mass is 205 g/mol. The molecule has 15 heavy (non-hydrogen) atoms. The number of hydrogen-bond donors (Lipinski definition) is 0. The number of pyridine rings is 1. The molecule has 0 bridgehead atoms. The second-order valence-electron chi connectivity index (χ2n) is 2.89. The van der Waals surface area contributed by atoms with Gasteiger partial charge in [-0.1, -0.05) is 6.07 Å². The fourth-order valence-electron chi connectivity index (χ4n) is 1.04. The van der Waals surface area contributed by atoms with Crippen molar-refractivity contribution in [1.29, 1.82) is 0 Å². The number of rotatable bonds is 3. The van der Waals surface area contributed by atoms with Crippen molar-refractivity contribution in [2.75, 3.05) is 7.11 Å². The summed E-state index contributed by atoms with van der Waals surface area (Å²) in [6.45, 7) is 1.32. The number of ketones is 1. The summed E-state index contributed by atoms with van der Waals surface area (Å²) in [4.78, 5) is 26.3. The maximum atomic E-state index is 11.2. The van der Waals surface area contributed by atoms with Crippen molar-refractivity contribution in [2.24, 2.45) is 0 Å². The van der Waals surface area contributed by atoms with Crippen LogP contribution in [0.1, 0.15) is 12.5 Å². The van der Waals surface area contributed by atoms with Crippen LogP contribution >= 0.6 is 0 Å². The molecule has 0 aliphatic carbocycles. The quantitative estimate of drug-likeness (QED) is 0.322. The van der Waals surface area contributed by atoms with Crippen LogP contribution in [0.25, 0.3) is 6.08 Å². The van der Waals surface area contributed by atoms with Gasteiger partial charge in [0.1, 0.15) is 5.57 Å². The third-order valence-electron chi connectivity index (χ3n) is 1.78. The Bertz CT molecular complexity index is 396. The first kappa shape index (κ1) is 11.1. The molecule has 1 rings (SSSR count). The molecule has 1 aromatic rings. The summed E-state index contributed by atoms with van der Waals surface area (Å²) in [5.74, 6) is -0.961. The zero-order chi connectivity index (χ0) is 11.3. The Hall–Kier alpha value is -1.97. The van der Waals surface area contributed by atoms with Crippen LogP contribution in [0.2, 0.25) is 0 Å². The van der Waals surface area contributed by atoms with Gasteiger partial charge in [0.15, 0.2) is 5.78 Å². The Labute approximate surface area is 87.6 Å². The Kier molecular flexibility index (Phi) is 3.74. The Morgan fingerprint density at radius 2 is 2.20 bits per heavy atom. The van der Waals surface area contributed by atoms with E-state index >= 15 is 0 Å². The highest BCUT2D eigenvalue weighted by molar-refractivity contribution is 6.19. The molecule has 0 amide bonds. The van der Waals surface area contributed by atoms with E-state index in [1.165, 1.54) is 20.1 Å². The number of Topliss-reactive ketones (excluding diaryl/α,β-unsaturated/α-hetero) is 1. The average Bonchev–Trinajstić information content (AvgIpc) is 2.26. The topological polar surface area (TPSA) is 56.3 Å². The van der Waals surface area contributed by atoms with Gasteiger partial charge in [0.2, 0.25) is 0 Å².